The first kappa shape index (κ1) is 21.5. The van der Waals surface area contributed by atoms with Crippen LogP contribution < -0.4 is 4.90 Å². The number of benzene rings is 2. The number of sulfonamides is 1. The summed E-state index contributed by atoms with van der Waals surface area (Å²) in [6.07, 6.45) is 0.845. The van der Waals surface area contributed by atoms with E-state index in [9.17, 15) is 18.0 Å². The predicted octanol–water partition coefficient (Wildman–Crippen LogP) is 2.78. The minimum absolute atomic E-state index is 0.230. The van der Waals surface area contributed by atoms with Crippen LogP contribution in [0.4, 0.5) is 5.69 Å². The molecule has 1 unspecified atom stereocenters. The quantitative estimate of drug-likeness (QED) is 0.665. The zero-order chi connectivity index (χ0) is 22.4. The van der Waals surface area contributed by atoms with Crippen molar-refractivity contribution in [3.63, 3.8) is 0 Å². The van der Waals surface area contributed by atoms with E-state index in [0.29, 0.717) is 43.7 Å². The van der Waals surface area contributed by atoms with Crippen molar-refractivity contribution < 1.29 is 22.7 Å². The lowest BCUT2D eigenvalue weighted by molar-refractivity contribution is -0.136. The monoisotopic (exact) mass is 442 g/mol. The van der Waals surface area contributed by atoms with Gasteiger partial charge in [-0.3, -0.25) is 4.79 Å². The second-order valence-electron chi connectivity index (χ2n) is 8.04. The highest BCUT2D eigenvalue weighted by Gasteiger charge is 2.46. The van der Waals surface area contributed by atoms with Crippen LogP contribution in [0.5, 0.6) is 0 Å². The first-order valence-corrected chi connectivity index (χ1v) is 11.9. The SMILES string of the molecule is CCN(CC)S(=O)(=O)c1ccc2c(c1)CCN2C(=O)C1(C)Cc2ccccc2C(=O)O1. The molecule has 0 spiro atoms. The molecule has 0 saturated heterocycles. The molecule has 0 N–H and O–H groups in total. The van der Waals surface area contributed by atoms with E-state index in [1.165, 1.54) is 4.31 Å². The molecule has 2 heterocycles. The van der Waals surface area contributed by atoms with Crippen molar-refractivity contribution in [1.82, 2.24) is 4.31 Å². The molecule has 2 aromatic rings. The molecule has 0 aromatic heterocycles. The van der Waals surface area contributed by atoms with Gasteiger partial charge in [0.05, 0.1) is 10.5 Å². The van der Waals surface area contributed by atoms with Crippen molar-refractivity contribution in [3.05, 3.63) is 59.2 Å². The minimum atomic E-state index is -3.57. The van der Waals surface area contributed by atoms with Gasteiger partial charge in [0.1, 0.15) is 0 Å². The number of carbonyl (C=O) groups excluding carboxylic acids is 2. The zero-order valence-electron chi connectivity index (χ0n) is 17.9. The number of rotatable bonds is 5. The molecule has 0 aliphatic carbocycles. The average Bonchev–Trinajstić information content (AvgIpc) is 3.17. The largest absolute Gasteiger partial charge is 0.445 e. The Morgan fingerprint density at radius 3 is 2.55 bits per heavy atom. The van der Waals surface area contributed by atoms with Gasteiger partial charge in [0.15, 0.2) is 5.60 Å². The van der Waals surface area contributed by atoms with Crippen LogP contribution in [0.1, 0.15) is 42.3 Å². The smallest absolute Gasteiger partial charge is 0.339 e. The summed E-state index contributed by atoms with van der Waals surface area (Å²) < 4.78 is 32.7. The fourth-order valence-electron chi connectivity index (χ4n) is 4.40. The number of hydrogen-bond acceptors (Lipinski definition) is 5. The van der Waals surface area contributed by atoms with Crippen molar-refractivity contribution >= 4 is 27.6 Å². The van der Waals surface area contributed by atoms with E-state index in [4.69, 9.17) is 4.74 Å². The predicted molar refractivity (Wildman–Crippen MR) is 117 cm³/mol. The van der Waals surface area contributed by atoms with Gasteiger partial charge in [0, 0.05) is 31.7 Å². The van der Waals surface area contributed by atoms with Gasteiger partial charge in [-0.1, -0.05) is 32.0 Å². The number of hydrogen-bond donors (Lipinski definition) is 0. The van der Waals surface area contributed by atoms with Gasteiger partial charge in [0.2, 0.25) is 10.0 Å². The van der Waals surface area contributed by atoms with Gasteiger partial charge >= 0.3 is 5.97 Å². The van der Waals surface area contributed by atoms with Gasteiger partial charge in [-0.2, -0.15) is 4.31 Å². The third kappa shape index (κ3) is 3.53. The molecular weight excluding hydrogens is 416 g/mol. The number of esters is 1. The van der Waals surface area contributed by atoms with E-state index in [2.05, 4.69) is 0 Å². The Kier molecular flexibility index (Phi) is 5.39. The van der Waals surface area contributed by atoms with Crippen molar-refractivity contribution in [2.75, 3.05) is 24.5 Å². The van der Waals surface area contributed by atoms with Crippen LogP contribution in [0.3, 0.4) is 0 Å². The Morgan fingerprint density at radius 2 is 1.84 bits per heavy atom. The Hall–Kier alpha value is -2.71. The molecule has 2 aliphatic rings. The van der Waals surface area contributed by atoms with E-state index in [1.807, 2.05) is 12.1 Å². The third-order valence-electron chi connectivity index (χ3n) is 6.07. The summed E-state index contributed by atoms with van der Waals surface area (Å²) in [6.45, 7) is 6.45. The zero-order valence-corrected chi connectivity index (χ0v) is 18.7. The summed E-state index contributed by atoms with van der Waals surface area (Å²) in [7, 11) is -3.57. The second-order valence-corrected chi connectivity index (χ2v) is 9.98. The maximum atomic E-state index is 13.4. The Labute approximate surface area is 182 Å². The fourth-order valence-corrected chi connectivity index (χ4v) is 5.91. The highest BCUT2D eigenvalue weighted by atomic mass is 32.2. The topological polar surface area (TPSA) is 84.0 Å². The molecule has 0 saturated carbocycles. The standard InChI is InChI=1S/C23H26N2O5S/c1-4-24(5-2)31(28,29)18-10-11-20-16(14-18)12-13-25(20)22(27)23(3)15-17-8-6-7-9-19(17)21(26)30-23/h6-11,14H,4-5,12-13,15H2,1-3H3. The van der Waals surface area contributed by atoms with Crippen molar-refractivity contribution in [2.45, 2.75) is 44.1 Å². The lowest BCUT2D eigenvalue weighted by Gasteiger charge is -2.36. The van der Waals surface area contributed by atoms with Gasteiger partial charge in [-0.15, -0.1) is 0 Å². The Balaban J connectivity index is 1.63. The molecule has 8 heteroatoms. The molecule has 1 amide bonds. The normalized spacial score (nSPS) is 20.4. The first-order valence-electron chi connectivity index (χ1n) is 10.5. The maximum Gasteiger partial charge on any atom is 0.339 e. The summed E-state index contributed by atoms with van der Waals surface area (Å²) in [5.41, 5.74) is 1.43. The molecule has 7 nitrogen and oxygen atoms in total. The van der Waals surface area contributed by atoms with Crippen LogP contribution in [-0.4, -0.2) is 49.8 Å². The number of amides is 1. The molecule has 0 radical (unpaired) electrons. The summed E-state index contributed by atoms with van der Waals surface area (Å²) in [5, 5.41) is 0. The molecule has 1 atom stereocenters. The molecule has 2 aromatic carbocycles. The van der Waals surface area contributed by atoms with Gasteiger partial charge in [0.25, 0.3) is 5.91 Å². The summed E-state index contributed by atoms with van der Waals surface area (Å²) >= 11 is 0. The van der Waals surface area contributed by atoms with E-state index in [-0.39, 0.29) is 10.8 Å². The van der Waals surface area contributed by atoms with Crippen LogP contribution in [0.2, 0.25) is 0 Å². The van der Waals surface area contributed by atoms with Crippen molar-refractivity contribution in [2.24, 2.45) is 0 Å². The first-order chi connectivity index (χ1) is 14.7. The lowest BCUT2D eigenvalue weighted by Crippen LogP contribution is -2.53. The Bertz CT molecular complexity index is 1160. The highest BCUT2D eigenvalue weighted by Crippen LogP contribution is 2.36. The molecule has 0 bridgehead atoms. The Morgan fingerprint density at radius 1 is 1.13 bits per heavy atom. The molecule has 31 heavy (non-hydrogen) atoms. The van der Waals surface area contributed by atoms with Gasteiger partial charge in [-0.25, -0.2) is 13.2 Å². The van der Waals surface area contributed by atoms with E-state index in [0.717, 1.165) is 11.1 Å². The van der Waals surface area contributed by atoms with Crippen molar-refractivity contribution in [3.8, 4) is 0 Å². The number of carbonyl (C=O) groups is 2. The summed E-state index contributed by atoms with van der Waals surface area (Å²) in [5.74, 6) is -0.800. The van der Waals surface area contributed by atoms with E-state index < -0.39 is 21.6 Å². The molecule has 4 rings (SSSR count). The summed E-state index contributed by atoms with van der Waals surface area (Å²) in [4.78, 5) is 27.8. The molecule has 2 aliphatic heterocycles. The van der Waals surface area contributed by atoms with Crippen LogP contribution in [-0.2, 0) is 32.4 Å². The average molecular weight is 443 g/mol. The molecule has 164 valence electrons. The van der Waals surface area contributed by atoms with Gasteiger partial charge in [-0.05, 0) is 48.7 Å². The van der Waals surface area contributed by atoms with E-state index >= 15 is 0 Å². The van der Waals surface area contributed by atoms with E-state index in [1.54, 1.807) is 56.0 Å². The number of anilines is 1. The molecule has 0 fully saturated rings. The molecular formula is C23H26N2O5S. The van der Waals surface area contributed by atoms with Gasteiger partial charge < -0.3 is 9.64 Å². The minimum Gasteiger partial charge on any atom is -0.445 e. The second kappa shape index (κ2) is 7.76. The third-order valence-corrected chi connectivity index (χ3v) is 8.12. The number of nitrogens with zero attached hydrogens (tertiary/aromatic N) is 2. The number of ether oxygens (including phenoxy) is 1. The maximum absolute atomic E-state index is 13.4. The van der Waals surface area contributed by atoms with Crippen LogP contribution in [0.25, 0.3) is 0 Å². The van der Waals surface area contributed by atoms with Crippen molar-refractivity contribution in [1.29, 1.82) is 0 Å². The highest BCUT2D eigenvalue weighted by molar-refractivity contribution is 7.89. The number of fused-ring (bicyclic) bond motifs is 2. The summed E-state index contributed by atoms with van der Waals surface area (Å²) in [6, 6.07) is 12.0. The lowest BCUT2D eigenvalue weighted by atomic mass is 9.89. The fraction of sp³-hybridized carbons (Fsp3) is 0.391. The van der Waals surface area contributed by atoms with Crippen LogP contribution >= 0.6 is 0 Å². The van der Waals surface area contributed by atoms with Crippen LogP contribution in [0, 0.1) is 0 Å². The van der Waals surface area contributed by atoms with Crippen LogP contribution in [0.15, 0.2) is 47.4 Å². The number of cyclic esters (lactones) is 1.